The molecule has 3 rings (SSSR count). The van der Waals surface area contributed by atoms with E-state index >= 15 is 0 Å². The Balaban J connectivity index is 1.78. The van der Waals surface area contributed by atoms with Crippen LogP contribution in [0.5, 0.6) is 0 Å². The Morgan fingerprint density at radius 1 is 0.898 bits per heavy atom. The van der Waals surface area contributed by atoms with Gasteiger partial charge in [0.1, 0.15) is 30.2 Å². The van der Waals surface area contributed by atoms with Crippen molar-refractivity contribution in [2.24, 2.45) is 11.7 Å². The van der Waals surface area contributed by atoms with Crippen LogP contribution in [0.3, 0.4) is 0 Å². The van der Waals surface area contributed by atoms with Gasteiger partial charge in [-0.1, -0.05) is 13.8 Å². The number of amides is 5. The molecule has 0 spiro atoms. The fourth-order valence-electron chi connectivity index (χ4n) is 5.21. The van der Waals surface area contributed by atoms with Crippen LogP contribution in [-0.4, -0.2) is 125 Å². The lowest BCUT2D eigenvalue weighted by Crippen LogP contribution is -2.60. The maximum atomic E-state index is 14.0. The first kappa shape index (κ1) is 38.5. The molecule has 0 aliphatic carbocycles. The van der Waals surface area contributed by atoms with Gasteiger partial charge < -0.3 is 52.1 Å². The second-order valence-electron chi connectivity index (χ2n) is 11.9. The summed E-state index contributed by atoms with van der Waals surface area (Å²) < 4.78 is 0. The van der Waals surface area contributed by atoms with Gasteiger partial charge >= 0.3 is 11.9 Å². The molecule has 10 N–H and O–H groups in total. The molecule has 6 atom stereocenters. The molecule has 2 aromatic rings. The number of carbonyl (C=O) groups excluding carboxylic acids is 5. The van der Waals surface area contributed by atoms with E-state index in [4.69, 9.17) is 5.73 Å². The Labute approximate surface area is 286 Å². The molecule has 20 heteroatoms. The number of imidazole rings is 2. The molecule has 0 saturated carbocycles. The zero-order valence-electron chi connectivity index (χ0n) is 26.9. The predicted molar refractivity (Wildman–Crippen MR) is 174 cm³/mol. The summed E-state index contributed by atoms with van der Waals surface area (Å²) in [7, 11) is 0. The molecule has 1 aliphatic heterocycles. The number of thiol groups is 1. The third-order valence-corrected chi connectivity index (χ3v) is 8.18. The van der Waals surface area contributed by atoms with Gasteiger partial charge in [-0.3, -0.25) is 28.8 Å². The number of carboxylic acids is 2. The van der Waals surface area contributed by atoms with Gasteiger partial charge in [-0.25, -0.2) is 14.8 Å². The summed E-state index contributed by atoms with van der Waals surface area (Å²) in [5, 5.41) is 28.6. The van der Waals surface area contributed by atoms with E-state index in [-0.39, 0.29) is 31.6 Å². The van der Waals surface area contributed by atoms with Crippen molar-refractivity contribution in [1.82, 2.24) is 46.1 Å². The molecule has 268 valence electrons. The molecule has 49 heavy (non-hydrogen) atoms. The number of carboxylic acid groups (broad SMARTS) is 2. The third kappa shape index (κ3) is 11.0. The van der Waals surface area contributed by atoms with Gasteiger partial charge in [0.2, 0.25) is 29.5 Å². The minimum Gasteiger partial charge on any atom is -0.481 e. The van der Waals surface area contributed by atoms with Crippen LogP contribution in [0.4, 0.5) is 0 Å². The van der Waals surface area contributed by atoms with E-state index in [1.165, 1.54) is 29.9 Å². The van der Waals surface area contributed by atoms with Gasteiger partial charge in [0, 0.05) is 48.9 Å². The number of aliphatic carboxylic acids is 2. The van der Waals surface area contributed by atoms with Crippen LogP contribution in [0.25, 0.3) is 0 Å². The monoisotopic (exact) mass is 706 g/mol. The van der Waals surface area contributed by atoms with Crippen LogP contribution < -0.4 is 27.0 Å². The van der Waals surface area contributed by atoms with Gasteiger partial charge in [-0.2, -0.15) is 12.6 Å². The van der Waals surface area contributed by atoms with Crippen molar-refractivity contribution >= 4 is 54.1 Å². The van der Waals surface area contributed by atoms with E-state index in [1.54, 1.807) is 13.8 Å². The smallest absolute Gasteiger partial charge is 0.327 e. The SMILES string of the molecule is CC(C)[C@H](NC(=O)[C@@H]1CCCN1C(=O)[C@H](Cc1cnc[nH]1)NC(=O)[C@H](CC(=O)O)NC(=O)[C@@H](N)Cc1cnc[nH]1)C(=O)N[C@@H](CS)C(=O)O. The summed E-state index contributed by atoms with van der Waals surface area (Å²) in [5.41, 5.74) is 6.94. The Kier molecular flexibility index (Phi) is 14.1. The number of aromatic nitrogens is 4. The Bertz CT molecular complexity index is 1470. The first-order valence-electron chi connectivity index (χ1n) is 15.5. The van der Waals surface area contributed by atoms with Crippen molar-refractivity contribution < 1.29 is 43.8 Å². The summed E-state index contributed by atoms with van der Waals surface area (Å²) in [4.78, 5) is 104. The molecule has 3 heterocycles. The first-order chi connectivity index (χ1) is 23.2. The molecule has 0 aromatic carbocycles. The number of likely N-dealkylation sites (tertiary alicyclic amines) is 1. The maximum absolute atomic E-state index is 14.0. The molecule has 0 radical (unpaired) electrons. The second-order valence-corrected chi connectivity index (χ2v) is 12.3. The molecule has 1 fully saturated rings. The van der Waals surface area contributed by atoms with Crippen LogP contribution >= 0.6 is 12.6 Å². The van der Waals surface area contributed by atoms with Crippen LogP contribution in [0.1, 0.15) is 44.5 Å². The zero-order chi connectivity index (χ0) is 36.2. The first-order valence-corrected chi connectivity index (χ1v) is 16.1. The molecule has 5 amide bonds. The van der Waals surface area contributed by atoms with Crippen LogP contribution in [-0.2, 0) is 46.4 Å². The number of nitrogens with one attached hydrogen (secondary N) is 6. The second kappa shape index (κ2) is 18.0. The summed E-state index contributed by atoms with van der Waals surface area (Å²) in [5.74, 6) is -7.18. The average Bonchev–Trinajstić information content (AvgIpc) is 3.84. The molecule has 0 bridgehead atoms. The van der Waals surface area contributed by atoms with Gasteiger partial charge in [-0.15, -0.1) is 0 Å². The molecule has 1 aliphatic rings. The molecular weight excluding hydrogens is 664 g/mol. The van der Waals surface area contributed by atoms with E-state index in [0.29, 0.717) is 17.8 Å². The van der Waals surface area contributed by atoms with E-state index in [1.807, 2.05) is 0 Å². The average molecular weight is 707 g/mol. The molecule has 1 saturated heterocycles. The highest BCUT2D eigenvalue weighted by atomic mass is 32.1. The van der Waals surface area contributed by atoms with Crippen molar-refractivity contribution in [2.75, 3.05) is 12.3 Å². The number of rotatable bonds is 18. The molecule has 19 nitrogen and oxygen atoms in total. The standard InChI is InChI=1S/C29H42N10O9S/c1-14(2)23(27(45)37-20(11-49)29(47)48)38-26(44)21-4-3-5-39(21)28(46)19(7-16-10-32-13-34-16)36-25(43)18(8-22(40)41)35-24(42)17(30)6-15-9-31-12-33-15/h9-10,12-14,17-21,23,49H,3-8,11,30H2,1-2H3,(H,31,33)(H,32,34)(H,35,42)(H,36,43)(H,37,45)(H,38,44)(H,40,41)(H,47,48)/t17-,18-,19-,20-,21-,23-/m0/s1. The quantitative estimate of drug-likeness (QED) is 0.0710. The minimum atomic E-state index is -1.61. The normalized spacial score (nSPS) is 17.3. The third-order valence-electron chi connectivity index (χ3n) is 7.82. The number of nitrogens with zero attached hydrogens (tertiary/aromatic N) is 3. The largest absolute Gasteiger partial charge is 0.481 e. The Morgan fingerprint density at radius 2 is 1.49 bits per heavy atom. The lowest BCUT2D eigenvalue weighted by atomic mass is 10.0. The van der Waals surface area contributed by atoms with Gasteiger partial charge in [0.05, 0.1) is 25.1 Å². The minimum absolute atomic E-state index is 0.0290. The number of hydrogen-bond acceptors (Lipinski definition) is 11. The predicted octanol–water partition coefficient (Wildman–Crippen LogP) is -2.68. The van der Waals surface area contributed by atoms with Crippen LogP contribution in [0.15, 0.2) is 25.0 Å². The molecule has 2 aromatic heterocycles. The lowest BCUT2D eigenvalue weighted by molar-refractivity contribution is -0.144. The Morgan fingerprint density at radius 3 is 2.02 bits per heavy atom. The van der Waals surface area contributed by atoms with Crippen molar-refractivity contribution in [2.45, 2.75) is 82.2 Å². The fraction of sp³-hybridized carbons (Fsp3) is 0.552. The lowest BCUT2D eigenvalue weighted by Gasteiger charge is -2.31. The van der Waals surface area contributed by atoms with Gasteiger partial charge in [0.15, 0.2) is 0 Å². The summed E-state index contributed by atoms with van der Waals surface area (Å²) in [6, 6.07) is -7.55. The van der Waals surface area contributed by atoms with Crippen molar-refractivity contribution in [3.8, 4) is 0 Å². The highest BCUT2D eigenvalue weighted by Crippen LogP contribution is 2.20. The number of H-pyrrole nitrogens is 2. The highest BCUT2D eigenvalue weighted by Gasteiger charge is 2.40. The maximum Gasteiger partial charge on any atom is 0.327 e. The van der Waals surface area contributed by atoms with E-state index in [0.717, 1.165) is 0 Å². The van der Waals surface area contributed by atoms with Crippen molar-refractivity contribution in [1.29, 1.82) is 0 Å². The van der Waals surface area contributed by atoms with E-state index in [9.17, 15) is 43.8 Å². The Hall–Kier alpha value is -4.98. The van der Waals surface area contributed by atoms with E-state index in [2.05, 4.69) is 53.8 Å². The number of aromatic amines is 2. The zero-order valence-corrected chi connectivity index (χ0v) is 27.8. The summed E-state index contributed by atoms with van der Waals surface area (Å²) in [6.07, 6.45) is 5.37. The van der Waals surface area contributed by atoms with Gasteiger partial charge in [-0.05, 0) is 18.8 Å². The van der Waals surface area contributed by atoms with Gasteiger partial charge in [0.25, 0.3) is 0 Å². The topological polar surface area (TPSA) is 295 Å². The highest BCUT2D eigenvalue weighted by molar-refractivity contribution is 7.80. The number of hydrogen-bond donors (Lipinski definition) is 10. The molecule has 0 unspecified atom stereocenters. The number of carbonyl (C=O) groups is 7. The fourth-order valence-corrected chi connectivity index (χ4v) is 5.46. The summed E-state index contributed by atoms with van der Waals surface area (Å²) in [6.45, 7) is 3.44. The van der Waals surface area contributed by atoms with Crippen molar-refractivity contribution in [3.05, 3.63) is 36.4 Å². The molecular formula is C29H42N10O9S. The van der Waals surface area contributed by atoms with Crippen LogP contribution in [0.2, 0.25) is 0 Å². The number of nitrogens with two attached hydrogens (primary N) is 1. The summed E-state index contributed by atoms with van der Waals surface area (Å²) >= 11 is 3.95. The van der Waals surface area contributed by atoms with E-state index < -0.39 is 90.1 Å². The van der Waals surface area contributed by atoms with Crippen molar-refractivity contribution in [3.63, 3.8) is 0 Å². The van der Waals surface area contributed by atoms with Crippen LogP contribution in [0, 0.1) is 5.92 Å².